The summed E-state index contributed by atoms with van der Waals surface area (Å²) in [5, 5.41) is 7.66. The van der Waals surface area contributed by atoms with E-state index in [1.54, 1.807) is 4.52 Å². The first-order chi connectivity index (χ1) is 18.6. The number of benzene rings is 2. The number of fused-ring (bicyclic) bond motifs is 1. The summed E-state index contributed by atoms with van der Waals surface area (Å²) in [7, 11) is 2.84. The van der Waals surface area contributed by atoms with Crippen LogP contribution >= 0.6 is 0 Å². The summed E-state index contributed by atoms with van der Waals surface area (Å²) in [5.74, 6) is -0.169. The molecule has 0 atom stereocenters. The normalized spacial score (nSPS) is 14.4. The van der Waals surface area contributed by atoms with Crippen LogP contribution in [0.4, 0.5) is 4.79 Å². The summed E-state index contributed by atoms with van der Waals surface area (Å²) >= 11 is 0. The molecule has 1 amide bonds. The number of carbonyl (C=O) groups is 2. The van der Waals surface area contributed by atoms with Crippen molar-refractivity contribution in [2.45, 2.75) is 51.2 Å². The molecule has 0 saturated heterocycles. The van der Waals surface area contributed by atoms with Crippen LogP contribution in [0.5, 0.6) is 5.75 Å². The van der Waals surface area contributed by atoms with Gasteiger partial charge in [0.2, 0.25) is 0 Å². The highest BCUT2D eigenvalue weighted by Crippen LogP contribution is 2.43. The first-order valence-corrected chi connectivity index (χ1v) is 12.9. The van der Waals surface area contributed by atoms with E-state index in [0.717, 1.165) is 36.0 Å². The maximum atomic E-state index is 12.6. The molecule has 2 heterocycles. The Kier molecular flexibility index (Phi) is 6.76. The number of nitrogens with zero attached hydrogens (tertiary/aromatic N) is 3. The van der Waals surface area contributed by atoms with Crippen LogP contribution < -0.4 is 10.1 Å². The summed E-state index contributed by atoms with van der Waals surface area (Å²) in [6.45, 7) is 5.56. The minimum atomic E-state index is -0.572. The van der Waals surface area contributed by atoms with Gasteiger partial charge >= 0.3 is 12.1 Å². The third-order valence-corrected chi connectivity index (χ3v) is 6.87. The topological polar surface area (TPSA) is 104 Å². The van der Waals surface area contributed by atoms with E-state index in [1.165, 1.54) is 20.3 Å². The molecule has 9 nitrogen and oxygen atoms in total. The van der Waals surface area contributed by atoms with E-state index in [1.807, 2.05) is 75.4 Å². The number of amides is 1. The largest absolute Gasteiger partial charge is 0.493 e. The Labute approximate surface area is 227 Å². The van der Waals surface area contributed by atoms with Gasteiger partial charge in [-0.2, -0.15) is 5.10 Å². The average molecular weight is 529 g/mol. The van der Waals surface area contributed by atoms with Gasteiger partial charge in [-0.3, -0.25) is 0 Å². The highest BCUT2D eigenvalue weighted by atomic mass is 16.6. The Morgan fingerprint density at radius 2 is 1.67 bits per heavy atom. The molecule has 2 aromatic heterocycles. The minimum Gasteiger partial charge on any atom is -0.493 e. The molecule has 1 aliphatic rings. The lowest BCUT2D eigenvalue weighted by atomic mass is 9.71. The maximum Gasteiger partial charge on any atom is 0.408 e. The molecule has 9 heteroatoms. The molecule has 4 aromatic rings. The van der Waals surface area contributed by atoms with Crippen molar-refractivity contribution >= 4 is 17.7 Å². The van der Waals surface area contributed by atoms with Crippen molar-refractivity contribution in [1.29, 1.82) is 0 Å². The van der Waals surface area contributed by atoms with E-state index in [0.29, 0.717) is 22.8 Å². The molecule has 0 spiro atoms. The van der Waals surface area contributed by atoms with Crippen LogP contribution in [0.2, 0.25) is 0 Å². The molecule has 1 N–H and O–H groups in total. The number of rotatable bonds is 6. The van der Waals surface area contributed by atoms with Crippen LogP contribution in [-0.4, -0.2) is 46.5 Å². The molecule has 1 aliphatic carbocycles. The van der Waals surface area contributed by atoms with E-state index < -0.39 is 23.2 Å². The van der Waals surface area contributed by atoms with Gasteiger partial charge in [-0.15, -0.1) is 0 Å². The second-order valence-corrected chi connectivity index (χ2v) is 10.6. The Balaban J connectivity index is 1.59. The van der Waals surface area contributed by atoms with Crippen LogP contribution in [0.25, 0.3) is 28.2 Å². The molecule has 0 radical (unpaired) electrons. The molecule has 5 rings (SSSR count). The number of aromatic nitrogens is 3. The number of imidazole rings is 1. The van der Waals surface area contributed by atoms with Gasteiger partial charge in [0, 0.05) is 17.2 Å². The Morgan fingerprint density at radius 1 is 0.974 bits per heavy atom. The zero-order valence-electron chi connectivity index (χ0n) is 22.8. The fourth-order valence-corrected chi connectivity index (χ4v) is 4.87. The number of alkyl carbamates (subject to hydrolysis) is 1. The van der Waals surface area contributed by atoms with Gasteiger partial charge < -0.3 is 19.5 Å². The van der Waals surface area contributed by atoms with E-state index in [2.05, 4.69) is 10.4 Å². The van der Waals surface area contributed by atoms with Crippen molar-refractivity contribution in [3.8, 4) is 28.3 Å². The molecular weight excluding hydrogens is 496 g/mol. The number of hydrogen-bond acceptors (Lipinski definition) is 7. The Bertz CT molecular complexity index is 1520. The van der Waals surface area contributed by atoms with E-state index in [-0.39, 0.29) is 5.69 Å². The van der Waals surface area contributed by atoms with Gasteiger partial charge in [0.1, 0.15) is 11.3 Å². The number of esters is 1. The average Bonchev–Trinajstić information content (AvgIpc) is 3.29. The van der Waals surface area contributed by atoms with Gasteiger partial charge in [0.25, 0.3) is 0 Å². The van der Waals surface area contributed by atoms with Crippen LogP contribution in [-0.2, 0) is 15.0 Å². The molecule has 1 fully saturated rings. The van der Waals surface area contributed by atoms with Crippen molar-refractivity contribution in [2.75, 3.05) is 14.2 Å². The predicted molar refractivity (Wildman–Crippen MR) is 147 cm³/mol. The molecule has 2 aromatic carbocycles. The van der Waals surface area contributed by atoms with Crippen molar-refractivity contribution in [3.05, 3.63) is 71.9 Å². The summed E-state index contributed by atoms with van der Waals surface area (Å²) in [4.78, 5) is 29.8. The highest BCUT2D eigenvalue weighted by Gasteiger charge is 2.41. The quantitative estimate of drug-likeness (QED) is 0.317. The number of methoxy groups -OCH3 is 2. The van der Waals surface area contributed by atoms with Gasteiger partial charge in [0.05, 0.1) is 25.5 Å². The number of nitrogens with one attached hydrogen (secondary N) is 1. The monoisotopic (exact) mass is 528 g/mol. The van der Waals surface area contributed by atoms with Gasteiger partial charge in [-0.25, -0.2) is 19.1 Å². The summed E-state index contributed by atoms with van der Waals surface area (Å²) in [6.07, 6.45) is 2.28. The molecular formula is C30H32N4O5. The third-order valence-electron chi connectivity index (χ3n) is 6.87. The van der Waals surface area contributed by atoms with Crippen LogP contribution in [0.1, 0.15) is 56.1 Å². The van der Waals surface area contributed by atoms with Crippen molar-refractivity contribution in [2.24, 2.45) is 0 Å². The van der Waals surface area contributed by atoms with Crippen LogP contribution in [0, 0.1) is 0 Å². The minimum absolute atomic E-state index is 0.110. The lowest BCUT2D eigenvalue weighted by molar-refractivity contribution is 0.0377. The van der Waals surface area contributed by atoms with Gasteiger partial charge in [0.15, 0.2) is 17.1 Å². The zero-order valence-corrected chi connectivity index (χ0v) is 22.8. The Hall–Kier alpha value is -4.40. The van der Waals surface area contributed by atoms with E-state index in [4.69, 9.17) is 19.2 Å². The lowest BCUT2D eigenvalue weighted by Gasteiger charge is -2.43. The summed E-state index contributed by atoms with van der Waals surface area (Å²) in [6, 6.07) is 19.3. The smallest absolute Gasteiger partial charge is 0.408 e. The third kappa shape index (κ3) is 5.04. The van der Waals surface area contributed by atoms with Crippen LogP contribution in [0.15, 0.2) is 60.7 Å². The second kappa shape index (κ2) is 10.1. The van der Waals surface area contributed by atoms with Gasteiger partial charge in [-0.05, 0) is 45.6 Å². The fraction of sp³-hybridized carbons (Fsp3) is 0.333. The van der Waals surface area contributed by atoms with Crippen molar-refractivity contribution < 1.29 is 23.8 Å². The van der Waals surface area contributed by atoms with Crippen LogP contribution in [0.3, 0.4) is 0 Å². The maximum absolute atomic E-state index is 12.6. The lowest BCUT2D eigenvalue weighted by Crippen LogP contribution is -2.52. The number of carbonyl (C=O) groups excluding carboxylic acids is 2. The molecule has 0 bridgehead atoms. The van der Waals surface area contributed by atoms with Gasteiger partial charge in [-0.1, -0.05) is 54.6 Å². The highest BCUT2D eigenvalue weighted by molar-refractivity contribution is 5.89. The number of hydrogen-bond donors (Lipinski definition) is 1. The summed E-state index contributed by atoms with van der Waals surface area (Å²) < 4.78 is 17.6. The predicted octanol–water partition coefficient (Wildman–Crippen LogP) is 5.76. The van der Waals surface area contributed by atoms with Crippen molar-refractivity contribution in [3.63, 3.8) is 0 Å². The standard InChI is InChI=1S/C30H32N4O5/c1-29(2,3)39-28(36)32-30(16-9-17-30)21-14-12-19(13-15-21)24-25(20-10-7-6-8-11-20)34-26(31-24)23(37-4)18-22(33-34)27(35)38-5/h6-8,10-15,18H,9,16-17H2,1-5H3,(H,32,36). The van der Waals surface area contributed by atoms with E-state index >= 15 is 0 Å². The fourth-order valence-electron chi connectivity index (χ4n) is 4.87. The van der Waals surface area contributed by atoms with E-state index in [9.17, 15) is 9.59 Å². The molecule has 39 heavy (non-hydrogen) atoms. The van der Waals surface area contributed by atoms with Crippen molar-refractivity contribution in [1.82, 2.24) is 19.9 Å². The summed E-state index contributed by atoms with van der Waals surface area (Å²) in [5.41, 5.74) is 3.71. The molecule has 202 valence electrons. The first kappa shape index (κ1) is 26.2. The zero-order chi connectivity index (χ0) is 27.8. The molecule has 0 unspecified atom stereocenters. The molecule has 0 aliphatic heterocycles. The number of ether oxygens (including phenoxy) is 3. The first-order valence-electron chi connectivity index (χ1n) is 12.9. The Morgan fingerprint density at radius 3 is 2.23 bits per heavy atom. The second-order valence-electron chi connectivity index (χ2n) is 10.6. The molecule has 1 saturated carbocycles. The SMILES string of the molecule is COC(=O)c1cc(OC)c2nc(-c3ccc(C4(NC(=O)OC(C)(C)C)CCC4)cc3)c(-c3ccccc3)n2n1.